The zero-order valence-electron chi connectivity index (χ0n) is 14.9. The number of halogens is 1. The van der Waals surface area contributed by atoms with Crippen LogP contribution in [0.2, 0.25) is 0 Å². The van der Waals surface area contributed by atoms with E-state index in [0.29, 0.717) is 22.5 Å². The minimum atomic E-state index is -0.339. The largest absolute Gasteiger partial charge is 0.453 e. The van der Waals surface area contributed by atoms with Crippen molar-refractivity contribution in [2.24, 2.45) is 0 Å². The van der Waals surface area contributed by atoms with Gasteiger partial charge in [-0.3, -0.25) is 4.79 Å². The minimum absolute atomic E-state index is 0.129. The third-order valence-electron chi connectivity index (χ3n) is 4.50. The summed E-state index contributed by atoms with van der Waals surface area (Å²) in [7, 11) is 0. The summed E-state index contributed by atoms with van der Waals surface area (Å²) < 4.78 is 19.0. The lowest BCUT2D eigenvalue weighted by molar-refractivity contribution is 0.0981. The average molecular weight is 339 g/mol. The maximum Gasteiger partial charge on any atom is 0.217 e. The number of fused-ring (bicyclic) bond motifs is 1. The first-order chi connectivity index (χ1) is 11.9. The molecular weight excluding hydrogens is 317 g/mol. The van der Waals surface area contributed by atoms with Crippen molar-refractivity contribution in [1.82, 2.24) is 0 Å². The smallest absolute Gasteiger partial charge is 0.217 e. The van der Waals surface area contributed by atoms with E-state index in [9.17, 15) is 9.18 Å². The van der Waals surface area contributed by atoms with Gasteiger partial charge < -0.3 is 9.73 Å². The van der Waals surface area contributed by atoms with Crippen molar-refractivity contribution < 1.29 is 13.6 Å². The van der Waals surface area contributed by atoms with Crippen LogP contribution in [-0.2, 0) is 0 Å². The van der Waals surface area contributed by atoms with Crippen LogP contribution in [-0.4, -0.2) is 12.3 Å². The van der Waals surface area contributed by atoms with Crippen LogP contribution in [0.3, 0.4) is 0 Å². The molecule has 0 atom stereocenters. The number of furan rings is 1. The van der Waals surface area contributed by atoms with Gasteiger partial charge in [0.25, 0.3) is 0 Å². The van der Waals surface area contributed by atoms with Crippen molar-refractivity contribution in [1.29, 1.82) is 0 Å². The Morgan fingerprint density at radius 1 is 1.16 bits per heavy atom. The molecule has 0 aliphatic heterocycles. The Morgan fingerprint density at radius 2 is 1.92 bits per heavy atom. The highest BCUT2D eigenvalue weighted by Crippen LogP contribution is 2.27. The van der Waals surface area contributed by atoms with Crippen LogP contribution in [0.5, 0.6) is 0 Å². The fourth-order valence-corrected chi connectivity index (χ4v) is 3.16. The number of rotatable bonds is 5. The summed E-state index contributed by atoms with van der Waals surface area (Å²) in [6, 6.07) is 10.4. The second kappa shape index (κ2) is 6.71. The molecule has 1 heterocycles. The monoisotopic (exact) mass is 339 g/mol. The van der Waals surface area contributed by atoms with E-state index in [0.717, 1.165) is 5.69 Å². The van der Waals surface area contributed by atoms with Crippen molar-refractivity contribution >= 4 is 22.4 Å². The van der Waals surface area contributed by atoms with E-state index in [1.165, 1.54) is 23.3 Å². The van der Waals surface area contributed by atoms with Gasteiger partial charge in [0.1, 0.15) is 11.4 Å². The second-order valence-electron chi connectivity index (χ2n) is 6.70. The number of hydrogen-bond acceptors (Lipinski definition) is 3. The van der Waals surface area contributed by atoms with Crippen molar-refractivity contribution in [2.75, 3.05) is 11.9 Å². The normalized spacial score (nSPS) is 11.3. The number of aryl methyl sites for hydroxylation is 2. The van der Waals surface area contributed by atoms with Crippen molar-refractivity contribution in [2.45, 2.75) is 33.6 Å². The molecule has 0 saturated heterocycles. The predicted molar refractivity (Wildman–Crippen MR) is 99.0 cm³/mol. The van der Waals surface area contributed by atoms with E-state index >= 15 is 0 Å². The Labute approximate surface area is 146 Å². The van der Waals surface area contributed by atoms with Gasteiger partial charge in [-0.15, -0.1) is 0 Å². The van der Waals surface area contributed by atoms with E-state index < -0.39 is 0 Å². The zero-order chi connectivity index (χ0) is 18.1. The summed E-state index contributed by atoms with van der Waals surface area (Å²) in [5.41, 5.74) is 4.59. The number of nitrogens with one attached hydrogen (secondary N) is 1. The number of benzene rings is 2. The molecule has 1 aromatic heterocycles. The molecule has 2 aromatic carbocycles. The van der Waals surface area contributed by atoms with E-state index in [1.807, 2.05) is 12.1 Å². The lowest BCUT2D eigenvalue weighted by Gasteiger charge is -2.12. The molecule has 0 unspecified atom stereocenters. The molecule has 25 heavy (non-hydrogen) atoms. The van der Waals surface area contributed by atoms with Gasteiger partial charge in [0.05, 0.1) is 6.54 Å². The molecule has 0 aliphatic rings. The molecule has 1 N–H and O–H groups in total. The van der Waals surface area contributed by atoms with Crippen LogP contribution in [0.15, 0.2) is 40.8 Å². The molecule has 0 aliphatic carbocycles. The molecule has 0 spiro atoms. The molecule has 3 rings (SSSR count). The molecule has 0 fully saturated rings. The first-order valence-corrected chi connectivity index (χ1v) is 8.43. The van der Waals surface area contributed by atoms with Crippen LogP contribution in [0.1, 0.15) is 47.0 Å². The summed E-state index contributed by atoms with van der Waals surface area (Å²) in [5, 5.41) is 3.79. The van der Waals surface area contributed by atoms with Crippen LogP contribution < -0.4 is 5.32 Å². The van der Waals surface area contributed by atoms with Crippen LogP contribution in [0.4, 0.5) is 10.1 Å². The van der Waals surface area contributed by atoms with E-state index in [1.54, 1.807) is 13.0 Å². The molecule has 130 valence electrons. The fourth-order valence-electron chi connectivity index (χ4n) is 3.16. The fraction of sp³-hybridized carbons (Fsp3) is 0.286. The SMILES string of the molecule is Cc1cc(NCC(=O)c2oc3ccc(F)cc3c2C)ccc1C(C)C. The number of Topliss-reactive ketones (excluding diaryl/α,β-unsaturated/α-hetero) is 1. The highest BCUT2D eigenvalue weighted by atomic mass is 19.1. The Balaban J connectivity index is 1.77. The van der Waals surface area contributed by atoms with Gasteiger partial charge in [-0.05, 0) is 61.2 Å². The highest BCUT2D eigenvalue weighted by Gasteiger charge is 2.18. The average Bonchev–Trinajstić information content (AvgIpc) is 2.89. The number of carbonyl (C=O) groups is 1. The maximum absolute atomic E-state index is 13.4. The summed E-state index contributed by atoms with van der Waals surface area (Å²) in [6.07, 6.45) is 0. The lowest BCUT2D eigenvalue weighted by atomic mass is 9.98. The first kappa shape index (κ1) is 17.2. The molecule has 0 bridgehead atoms. The Morgan fingerprint density at radius 3 is 2.60 bits per heavy atom. The highest BCUT2D eigenvalue weighted by molar-refractivity contribution is 6.02. The molecule has 0 radical (unpaired) electrons. The number of hydrogen-bond donors (Lipinski definition) is 1. The predicted octanol–water partition coefficient (Wildman–Crippen LogP) is 5.61. The maximum atomic E-state index is 13.4. The molecule has 0 saturated carbocycles. The summed E-state index contributed by atoms with van der Waals surface area (Å²) >= 11 is 0. The zero-order valence-corrected chi connectivity index (χ0v) is 14.9. The second-order valence-corrected chi connectivity index (χ2v) is 6.70. The Hall–Kier alpha value is -2.62. The van der Waals surface area contributed by atoms with Gasteiger partial charge in [0.15, 0.2) is 5.76 Å². The lowest BCUT2D eigenvalue weighted by Crippen LogP contribution is -2.14. The van der Waals surface area contributed by atoms with Crippen LogP contribution >= 0.6 is 0 Å². The van der Waals surface area contributed by atoms with Gasteiger partial charge in [0.2, 0.25) is 5.78 Å². The molecule has 3 aromatic rings. The van der Waals surface area contributed by atoms with Gasteiger partial charge in [-0.1, -0.05) is 19.9 Å². The first-order valence-electron chi connectivity index (χ1n) is 8.43. The van der Waals surface area contributed by atoms with Crippen LogP contribution in [0.25, 0.3) is 11.0 Å². The van der Waals surface area contributed by atoms with Gasteiger partial charge in [0, 0.05) is 16.6 Å². The van der Waals surface area contributed by atoms with Gasteiger partial charge in [-0.2, -0.15) is 0 Å². The van der Waals surface area contributed by atoms with Gasteiger partial charge in [-0.25, -0.2) is 4.39 Å². The number of ketones is 1. The van der Waals surface area contributed by atoms with E-state index in [4.69, 9.17) is 4.42 Å². The van der Waals surface area contributed by atoms with Crippen molar-refractivity contribution in [3.05, 3.63) is 64.7 Å². The third-order valence-corrected chi connectivity index (χ3v) is 4.50. The van der Waals surface area contributed by atoms with Crippen molar-refractivity contribution in [3.8, 4) is 0 Å². The topological polar surface area (TPSA) is 42.2 Å². The summed E-state index contributed by atoms with van der Waals surface area (Å²) in [4.78, 5) is 12.5. The number of anilines is 1. The van der Waals surface area contributed by atoms with E-state index in [-0.39, 0.29) is 23.9 Å². The molecule has 3 nitrogen and oxygen atoms in total. The summed E-state index contributed by atoms with van der Waals surface area (Å²) in [6.45, 7) is 8.29. The van der Waals surface area contributed by atoms with Crippen LogP contribution in [0, 0.1) is 19.7 Å². The third kappa shape index (κ3) is 3.43. The van der Waals surface area contributed by atoms with E-state index in [2.05, 4.69) is 32.2 Å². The number of carbonyl (C=O) groups excluding carboxylic acids is 1. The van der Waals surface area contributed by atoms with Gasteiger partial charge >= 0.3 is 0 Å². The minimum Gasteiger partial charge on any atom is -0.453 e. The molecule has 4 heteroatoms. The summed E-state index contributed by atoms with van der Waals surface area (Å²) in [5.74, 6) is 0.256. The van der Waals surface area contributed by atoms with Crippen molar-refractivity contribution in [3.63, 3.8) is 0 Å². The Bertz CT molecular complexity index is 940. The molecule has 0 amide bonds. The quantitative estimate of drug-likeness (QED) is 0.615. The standard InChI is InChI=1S/C21H22FNO2/c1-12(2)17-7-6-16(9-13(17)3)23-11-19(24)21-14(4)18-10-15(22)5-8-20(18)25-21/h5-10,12,23H,11H2,1-4H3. The molecular formula is C21H22FNO2. The Kier molecular flexibility index (Phi) is 4.62.